The third-order valence-corrected chi connectivity index (χ3v) is 16.5. The van der Waals surface area contributed by atoms with Gasteiger partial charge in [0, 0.05) is 11.1 Å². The second-order valence-electron chi connectivity index (χ2n) is 23.5. The molecule has 0 saturated heterocycles. The number of hydrogen-bond acceptors (Lipinski definition) is 14. The molecule has 14 heteroatoms. The van der Waals surface area contributed by atoms with E-state index >= 15 is 9.59 Å². The molecule has 1 aliphatic rings. The van der Waals surface area contributed by atoms with Crippen molar-refractivity contribution >= 4 is 11.9 Å². The van der Waals surface area contributed by atoms with Crippen LogP contribution < -0.4 is 33.2 Å². The summed E-state index contributed by atoms with van der Waals surface area (Å²) in [6.07, 6.45) is -3.46. The standard InChI is InChI=1S/C85H76O14/c1-3-72(89-50-60-28-12-4-13-29-60)81-80(95-56-65-38-22-9-23-39-65)75(92-53-68-44-46-69(88-2)47-45-68)59-98-84(86)70-48-73(90-51-61-30-14-5-15-31-61)78(93-54-63-34-18-7-19-35-63)82(96-57-66-40-24-10-25-41-66)76(70)77-71(85(87)99-81)49-74(91-52-62-32-16-6-17-33-62)79(94-55-64-36-20-8-21-37-64)83(77)97-58-67-42-26-11-27-43-67/h3-49,72,75,80-81H,1,50-59H2,2H3/t72-,75+,80+,81+/m0/s1. The van der Waals surface area contributed by atoms with Gasteiger partial charge in [0.15, 0.2) is 29.1 Å². The van der Waals surface area contributed by atoms with Crippen molar-refractivity contribution in [3.05, 3.63) is 353 Å². The van der Waals surface area contributed by atoms with Crippen molar-refractivity contribution in [3.8, 4) is 51.4 Å². The van der Waals surface area contributed by atoms with Crippen LogP contribution in [0.4, 0.5) is 0 Å². The quantitative estimate of drug-likeness (QED) is 0.0311. The molecular formula is C85H76O14. The van der Waals surface area contributed by atoms with Crippen molar-refractivity contribution in [2.75, 3.05) is 13.7 Å². The first-order valence-electron chi connectivity index (χ1n) is 32.8. The van der Waals surface area contributed by atoms with Crippen LogP contribution in [0.5, 0.6) is 40.2 Å². The molecule has 0 spiro atoms. The molecule has 1 aliphatic heterocycles. The van der Waals surface area contributed by atoms with Gasteiger partial charge < -0.3 is 56.8 Å². The molecule has 0 saturated carbocycles. The van der Waals surface area contributed by atoms with Crippen LogP contribution in [0.25, 0.3) is 11.1 Å². The predicted octanol–water partition coefficient (Wildman–Crippen LogP) is 17.5. The van der Waals surface area contributed by atoms with E-state index in [4.69, 9.17) is 56.8 Å². The van der Waals surface area contributed by atoms with Gasteiger partial charge in [0.05, 0.1) is 38.1 Å². The maximum absolute atomic E-state index is 17.1. The molecule has 0 bridgehead atoms. The van der Waals surface area contributed by atoms with Crippen molar-refractivity contribution in [1.82, 2.24) is 0 Å². The van der Waals surface area contributed by atoms with Crippen molar-refractivity contribution in [2.24, 2.45) is 0 Å². The van der Waals surface area contributed by atoms with E-state index in [9.17, 15) is 0 Å². The molecule has 4 atom stereocenters. The average Bonchev–Trinajstić information content (AvgIpc) is 0.735. The first kappa shape index (κ1) is 67.6. The predicted molar refractivity (Wildman–Crippen MR) is 378 cm³/mol. The van der Waals surface area contributed by atoms with E-state index in [1.54, 1.807) is 25.3 Å². The van der Waals surface area contributed by atoms with Crippen LogP contribution in [0, 0.1) is 0 Å². The van der Waals surface area contributed by atoms with Gasteiger partial charge in [0.2, 0.25) is 11.5 Å². The van der Waals surface area contributed by atoms with Crippen LogP contribution in [0.15, 0.2) is 292 Å². The number of hydrogen-bond donors (Lipinski definition) is 0. The van der Waals surface area contributed by atoms with Crippen molar-refractivity contribution < 1.29 is 66.4 Å². The van der Waals surface area contributed by atoms with Gasteiger partial charge in [-0.3, -0.25) is 0 Å². The molecule has 11 aromatic rings. The van der Waals surface area contributed by atoms with Gasteiger partial charge in [-0.05, 0) is 74.3 Å². The molecule has 0 N–H and O–H groups in total. The van der Waals surface area contributed by atoms with Gasteiger partial charge in [-0.15, -0.1) is 6.58 Å². The Hall–Kier alpha value is -11.4. The zero-order valence-corrected chi connectivity index (χ0v) is 54.9. The van der Waals surface area contributed by atoms with Crippen molar-refractivity contribution in [2.45, 2.75) is 83.9 Å². The van der Waals surface area contributed by atoms with Gasteiger partial charge in [-0.25, -0.2) is 9.59 Å². The lowest BCUT2D eigenvalue weighted by Crippen LogP contribution is -2.51. The third kappa shape index (κ3) is 18.2. The summed E-state index contributed by atoms with van der Waals surface area (Å²) in [7, 11) is 1.60. The van der Waals surface area contributed by atoms with E-state index in [1.807, 2.05) is 267 Å². The van der Waals surface area contributed by atoms with E-state index < -0.39 is 43.0 Å². The summed E-state index contributed by atoms with van der Waals surface area (Å²) in [5.41, 5.74) is 6.85. The zero-order valence-electron chi connectivity index (χ0n) is 54.9. The molecule has 1 heterocycles. The van der Waals surface area contributed by atoms with E-state index in [1.165, 1.54) is 0 Å². The fourth-order valence-electron chi connectivity index (χ4n) is 11.4. The Morgan fingerprint density at radius 3 is 1.08 bits per heavy atom. The number of carbonyl (C=O) groups is 2. The normalized spacial score (nSPS) is 14.7. The number of rotatable bonds is 30. The first-order chi connectivity index (χ1) is 48.8. The highest BCUT2D eigenvalue weighted by molar-refractivity contribution is 6.08. The summed E-state index contributed by atoms with van der Waals surface area (Å²) < 4.78 is 83.2. The molecule has 12 rings (SSSR count). The van der Waals surface area contributed by atoms with Crippen LogP contribution >= 0.6 is 0 Å². The minimum atomic E-state index is -1.42. The van der Waals surface area contributed by atoms with Crippen LogP contribution in [0.1, 0.15) is 70.8 Å². The SMILES string of the molecule is C=C[C@H](OCc1ccccc1)[C@H]1OC(=O)c2cc(OCc3ccccc3)c(OCc3ccccc3)c(OCc3ccccc3)c2-c2c(cc(OCc3ccccc3)c(OCc3ccccc3)c2OCc2ccccc2)C(=O)OC[C@@H](OCc2ccc(OC)cc2)[C@H]1OCc1ccccc1. The van der Waals surface area contributed by atoms with Gasteiger partial charge in [0.25, 0.3) is 0 Å². The first-order valence-corrected chi connectivity index (χ1v) is 32.8. The van der Waals surface area contributed by atoms with Gasteiger partial charge in [-0.2, -0.15) is 0 Å². The average molecular weight is 1320 g/mol. The summed E-state index contributed by atoms with van der Waals surface area (Å²) in [5, 5.41) is 0. The lowest BCUT2D eigenvalue weighted by atomic mass is 9.91. The molecule has 0 aromatic heterocycles. The fraction of sp³-hybridized carbons (Fsp3) is 0.176. The summed E-state index contributed by atoms with van der Waals surface area (Å²) in [5.74, 6) is -0.836. The van der Waals surface area contributed by atoms with Crippen LogP contribution in [0.3, 0.4) is 0 Å². The topological polar surface area (TPSA) is 145 Å². The molecular weight excluding hydrogens is 1240 g/mol. The molecule has 0 radical (unpaired) electrons. The number of carbonyl (C=O) groups excluding carboxylic acids is 2. The largest absolute Gasteiger partial charge is 0.497 e. The second kappa shape index (κ2) is 34.5. The number of ether oxygens (including phenoxy) is 12. The van der Waals surface area contributed by atoms with Crippen LogP contribution in [-0.4, -0.2) is 50.1 Å². The van der Waals surface area contributed by atoms with E-state index in [0.717, 1.165) is 50.1 Å². The molecule has 0 aliphatic carbocycles. The van der Waals surface area contributed by atoms with E-state index in [-0.39, 0.29) is 116 Å². The summed E-state index contributed by atoms with van der Waals surface area (Å²) in [4.78, 5) is 33.6. The highest BCUT2D eigenvalue weighted by Gasteiger charge is 2.44. The van der Waals surface area contributed by atoms with Crippen LogP contribution in [0.2, 0.25) is 0 Å². The maximum Gasteiger partial charge on any atom is 0.339 e. The van der Waals surface area contributed by atoms with Gasteiger partial charge >= 0.3 is 11.9 Å². The minimum absolute atomic E-state index is 0.00236. The van der Waals surface area contributed by atoms with Crippen molar-refractivity contribution in [3.63, 3.8) is 0 Å². The molecule has 0 amide bonds. The number of fused-ring (bicyclic) bond motifs is 3. The lowest BCUT2D eigenvalue weighted by molar-refractivity contribution is -0.171. The highest BCUT2D eigenvalue weighted by Crippen LogP contribution is 2.56. The molecule has 14 nitrogen and oxygen atoms in total. The minimum Gasteiger partial charge on any atom is -0.497 e. The molecule has 11 aromatic carbocycles. The Morgan fingerprint density at radius 1 is 0.384 bits per heavy atom. The Kier molecular flexibility index (Phi) is 23.5. The second-order valence-corrected chi connectivity index (χ2v) is 23.5. The van der Waals surface area contributed by atoms with Gasteiger partial charge in [0.1, 0.15) is 70.3 Å². The third-order valence-electron chi connectivity index (χ3n) is 16.5. The van der Waals surface area contributed by atoms with Crippen LogP contribution in [-0.2, 0) is 83.1 Å². The highest BCUT2D eigenvalue weighted by atomic mass is 16.6. The molecule has 0 fully saturated rings. The molecule has 500 valence electrons. The Balaban J connectivity index is 1.16. The molecule has 0 unspecified atom stereocenters. The number of cyclic esters (lactones) is 2. The fourth-order valence-corrected chi connectivity index (χ4v) is 11.4. The van der Waals surface area contributed by atoms with E-state index in [0.29, 0.717) is 5.75 Å². The van der Waals surface area contributed by atoms with Gasteiger partial charge in [-0.1, -0.05) is 261 Å². The molecule has 99 heavy (non-hydrogen) atoms. The monoisotopic (exact) mass is 1320 g/mol. The number of benzene rings is 11. The Labute approximate surface area is 577 Å². The maximum atomic E-state index is 17.1. The number of methoxy groups -OCH3 is 1. The Bertz CT molecular complexity index is 4340. The number of esters is 2. The Morgan fingerprint density at radius 2 is 0.707 bits per heavy atom. The zero-order chi connectivity index (χ0) is 67.8. The summed E-state index contributed by atoms with van der Waals surface area (Å²) in [6.45, 7) is 3.75. The van der Waals surface area contributed by atoms with Crippen molar-refractivity contribution in [1.29, 1.82) is 0 Å². The van der Waals surface area contributed by atoms with E-state index in [2.05, 4.69) is 6.58 Å². The lowest BCUT2D eigenvalue weighted by Gasteiger charge is -2.37. The smallest absolute Gasteiger partial charge is 0.339 e. The summed E-state index contributed by atoms with van der Waals surface area (Å²) >= 11 is 0. The summed E-state index contributed by atoms with van der Waals surface area (Å²) in [6, 6.07) is 87.3.